The smallest absolute Gasteiger partial charge is 0.162 e. The van der Waals surface area contributed by atoms with Crippen molar-refractivity contribution >= 4 is 23.4 Å². The van der Waals surface area contributed by atoms with E-state index in [0.717, 1.165) is 17.7 Å². The highest BCUT2D eigenvalue weighted by Gasteiger charge is 2.04. The molecule has 13 heavy (non-hydrogen) atoms. The molecule has 0 aliphatic rings. The van der Waals surface area contributed by atoms with Crippen molar-refractivity contribution in [3.05, 3.63) is 17.3 Å². The van der Waals surface area contributed by atoms with Crippen LogP contribution < -0.4 is 0 Å². The van der Waals surface area contributed by atoms with Gasteiger partial charge in [-0.25, -0.2) is 9.97 Å². The number of imidazole rings is 1. The van der Waals surface area contributed by atoms with Crippen LogP contribution in [0, 0.1) is 4.64 Å². The molecule has 0 atom stereocenters. The van der Waals surface area contributed by atoms with Crippen LogP contribution in [0.3, 0.4) is 0 Å². The summed E-state index contributed by atoms with van der Waals surface area (Å²) in [7, 11) is 1.91. The molecule has 2 aromatic rings. The van der Waals surface area contributed by atoms with Gasteiger partial charge in [-0.3, -0.25) is 0 Å². The van der Waals surface area contributed by atoms with Gasteiger partial charge in [-0.2, -0.15) is 0 Å². The minimum atomic E-state index is 0.618. The van der Waals surface area contributed by atoms with Crippen molar-refractivity contribution in [2.24, 2.45) is 7.05 Å². The van der Waals surface area contributed by atoms with E-state index < -0.39 is 0 Å². The van der Waals surface area contributed by atoms with Gasteiger partial charge in [-0.05, 0) is 6.92 Å². The van der Waals surface area contributed by atoms with Crippen LogP contribution in [-0.4, -0.2) is 19.1 Å². The summed E-state index contributed by atoms with van der Waals surface area (Å²) in [5, 5.41) is 0. The predicted molar refractivity (Wildman–Crippen MR) is 53.0 cm³/mol. The number of hydrogen-bond donors (Lipinski definition) is 0. The van der Waals surface area contributed by atoms with Crippen molar-refractivity contribution < 1.29 is 0 Å². The Bertz CT molecular complexity index is 496. The fourth-order valence-electron chi connectivity index (χ4n) is 1.34. The molecule has 4 nitrogen and oxygen atoms in total. The van der Waals surface area contributed by atoms with Crippen molar-refractivity contribution in [1.82, 2.24) is 19.1 Å². The van der Waals surface area contributed by atoms with Gasteiger partial charge in [0.05, 0.1) is 12.7 Å². The van der Waals surface area contributed by atoms with Gasteiger partial charge in [-0.15, -0.1) is 0 Å². The summed E-state index contributed by atoms with van der Waals surface area (Å²) in [6.45, 7) is 2.93. The fraction of sp³-hybridized carbons (Fsp3) is 0.375. The van der Waals surface area contributed by atoms with Gasteiger partial charge < -0.3 is 9.13 Å². The SMILES string of the molecule is CCn1cnc2c1c(=S)ncn2C. The Morgan fingerprint density at radius 3 is 2.85 bits per heavy atom. The molecule has 0 N–H and O–H groups in total. The Balaban J connectivity index is 2.96. The summed E-state index contributed by atoms with van der Waals surface area (Å²) in [6, 6.07) is 0. The van der Waals surface area contributed by atoms with E-state index in [1.807, 2.05) is 16.2 Å². The second-order valence-electron chi connectivity index (χ2n) is 2.86. The first kappa shape index (κ1) is 8.37. The number of fused-ring (bicyclic) bond motifs is 1. The largest absolute Gasteiger partial charge is 0.327 e. The van der Waals surface area contributed by atoms with Crippen LogP contribution in [0.25, 0.3) is 11.2 Å². The molecule has 2 heterocycles. The molecule has 0 unspecified atom stereocenters. The second-order valence-corrected chi connectivity index (χ2v) is 3.25. The summed E-state index contributed by atoms with van der Waals surface area (Å²) in [5.74, 6) is 0. The van der Waals surface area contributed by atoms with Crippen LogP contribution >= 0.6 is 12.2 Å². The van der Waals surface area contributed by atoms with Gasteiger partial charge >= 0.3 is 0 Å². The molecule has 2 rings (SSSR count). The van der Waals surface area contributed by atoms with Crippen molar-refractivity contribution in [3.8, 4) is 0 Å². The molecule has 0 bridgehead atoms. The highest BCUT2D eigenvalue weighted by atomic mass is 32.1. The van der Waals surface area contributed by atoms with Gasteiger partial charge in [0.1, 0.15) is 5.52 Å². The zero-order valence-corrected chi connectivity index (χ0v) is 8.38. The molecule has 0 saturated carbocycles. The van der Waals surface area contributed by atoms with E-state index in [9.17, 15) is 0 Å². The van der Waals surface area contributed by atoms with Crippen molar-refractivity contribution in [3.63, 3.8) is 0 Å². The normalized spacial score (nSPS) is 10.9. The number of aryl methyl sites for hydroxylation is 2. The Kier molecular flexibility index (Phi) is 1.88. The molecule has 0 spiro atoms. The van der Waals surface area contributed by atoms with E-state index in [2.05, 4.69) is 16.9 Å². The fourth-order valence-corrected chi connectivity index (χ4v) is 1.60. The molecule has 0 aliphatic carbocycles. The first-order valence-corrected chi connectivity index (χ1v) is 4.51. The first-order chi connectivity index (χ1) is 6.24. The second kappa shape index (κ2) is 2.92. The minimum Gasteiger partial charge on any atom is -0.327 e. The maximum Gasteiger partial charge on any atom is 0.162 e. The molecule has 0 amide bonds. The van der Waals surface area contributed by atoms with Gasteiger partial charge in [0.25, 0.3) is 0 Å². The summed E-state index contributed by atoms with van der Waals surface area (Å²) in [5.41, 5.74) is 1.84. The number of hydrogen-bond acceptors (Lipinski definition) is 3. The van der Waals surface area contributed by atoms with Crippen molar-refractivity contribution in [2.45, 2.75) is 13.5 Å². The third kappa shape index (κ3) is 1.16. The average Bonchev–Trinajstić information content (AvgIpc) is 2.56. The number of rotatable bonds is 1. The van der Waals surface area contributed by atoms with Crippen LogP contribution in [0.2, 0.25) is 0 Å². The summed E-state index contributed by atoms with van der Waals surface area (Å²) in [6.07, 6.45) is 3.49. The number of nitrogens with zero attached hydrogens (tertiary/aromatic N) is 4. The standard InChI is InChI=1S/C8H10N4S/c1-3-12-5-9-7-6(12)8(13)10-4-11(7)2/h4-5H,3H2,1-2H3. The van der Waals surface area contributed by atoms with E-state index >= 15 is 0 Å². The lowest BCUT2D eigenvalue weighted by atomic mass is 10.5. The third-order valence-electron chi connectivity index (χ3n) is 2.04. The minimum absolute atomic E-state index is 0.618. The van der Waals surface area contributed by atoms with E-state index in [1.165, 1.54) is 0 Å². The molecule has 2 aromatic heterocycles. The topological polar surface area (TPSA) is 35.6 Å². The summed E-state index contributed by atoms with van der Waals surface area (Å²) < 4.78 is 4.49. The zero-order chi connectivity index (χ0) is 9.42. The Hall–Kier alpha value is -1.23. The van der Waals surface area contributed by atoms with Gasteiger partial charge in [0.15, 0.2) is 10.3 Å². The van der Waals surface area contributed by atoms with Gasteiger partial charge in [0.2, 0.25) is 0 Å². The van der Waals surface area contributed by atoms with Crippen LogP contribution in [0.15, 0.2) is 12.7 Å². The lowest BCUT2D eigenvalue weighted by Gasteiger charge is -2.00. The molecule has 0 radical (unpaired) electrons. The van der Waals surface area contributed by atoms with Crippen LogP contribution in [-0.2, 0) is 13.6 Å². The number of aromatic nitrogens is 4. The molecule has 0 aromatic carbocycles. The van der Waals surface area contributed by atoms with E-state index in [4.69, 9.17) is 12.2 Å². The molecular formula is C8H10N4S. The predicted octanol–water partition coefficient (Wildman–Crippen LogP) is 1.52. The lowest BCUT2D eigenvalue weighted by molar-refractivity contribution is 0.783. The summed E-state index contributed by atoms with van der Waals surface area (Å²) in [4.78, 5) is 8.37. The van der Waals surface area contributed by atoms with E-state index in [-0.39, 0.29) is 0 Å². The molecule has 0 aliphatic heterocycles. The zero-order valence-electron chi connectivity index (χ0n) is 7.56. The Morgan fingerprint density at radius 2 is 2.15 bits per heavy atom. The molecule has 0 fully saturated rings. The monoisotopic (exact) mass is 194 g/mol. The van der Waals surface area contributed by atoms with Gasteiger partial charge in [-0.1, -0.05) is 12.2 Å². The highest BCUT2D eigenvalue weighted by molar-refractivity contribution is 7.71. The third-order valence-corrected chi connectivity index (χ3v) is 2.34. The quantitative estimate of drug-likeness (QED) is 0.646. The summed E-state index contributed by atoms with van der Waals surface area (Å²) >= 11 is 5.14. The Morgan fingerprint density at radius 1 is 1.38 bits per heavy atom. The van der Waals surface area contributed by atoms with Crippen LogP contribution in [0.1, 0.15) is 6.92 Å². The average molecular weight is 194 g/mol. The van der Waals surface area contributed by atoms with Crippen molar-refractivity contribution in [1.29, 1.82) is 0 Å². The first-order valence-electron chi connectivity index (χ1n) is 4.10. The van der Waals surface area contributed by atoms with Crippen LogP contribution in [0.5, 0.6) is 0 Å². The van der Waals surface area contributed by atoms with Crippen LogP contribution in [0.4, 0.5) is 0 Å². The van der Waals surface area contributed by atoms with E-state index in [0.29, 0.717) is 4.64 Å². The molecule has 68 valence electrons. The molecule has 0 saturated heterocycles. The molecule has 5 heteroatoms. The molecular weight excluding hydrogens is 184 g/mol. The van der Waals surface area contributed by atoms with E-state index in [1.54, 1.807) is 12.7 Å². The highest BCUT2D eigenvalue weighted by Crippen LogP contribution is 2.11. The lowest BCUT2D eigenvalue weighted by Crippen LogP contribution is -1.98. The van der Waals surface area contributed by atoms with Crippen molar-refractivity contribution in [2.75, 3.05) is 0 Å². The van der Waals surface area contributed by atoms with Gasteiger partial charge in [0, 0.05) is 13.6 Å². The maximum atomic E-state index is 5.14. The Labute approximate surface area is 80.9 Å². The maximum absolute atomic E-state index is 5.14.